The number of rotatable bonds is 6. The van der Waals surface area contributed by atoms with Crippen LogP contribution in [0, 0.1) is 25.7 Å². The lowest BCUT2D eigenvalue weighted by Crippen LogP contribution is -2.38. The number of anilines is 1. The predicted molar refractivity (Wildman–Crippen MR) is 119 cm³/mol. The minimum atomic E-state index is -4.05. The number of nitrogens with zero attached hydrogens (tertiary/aromatic N) is 4. The van der Waals surface area contributed by atoms with Gasteiger partial charge in [0.1, 0.15) is 6.54 Å². The molecule has 11 heteroatoms. The van der Waals surface area contributed by atoms with Crippen LogP contribution in [0.1, 0.15) is 24.2 Å². The SMILES string of the molecule is Cc1cc(C)nc([N-]S(=O)(=O)c2ccc(NC(=O)CN3C(=O)[C@H]4CC=CC[C@@H]4C3=O)cc2)n1. The van der Waals surface area contributed by atoms with Crippen molar-refractivity contribution in [2.45, 2.75) is 31.6 Å². The zero-order valence-corrected chi connectivity index (χ0v) is 18.9. The molecule has 1 aliphatic heterocycles. The summed E-state index contributed by atoms with van der Waals surface area (Å²) in [6.45, 7) is 3.04. The van der Waals surface area contributed by atoms with Crippen LogP contribution in [-0.4, -0.2) is 47.6 Å². The van der Waals surface area contributed by atoms with E-state index in [1.807, 2.05) is 12.2 Å². The molecule has 3 amide bonds. The first-order valence-electron chi connectivity index (χ1n) is 10.3. The van der Waals surface area contributed by atoms with Gasteiger partial charge in [-0.3, -0.25) is 24.0 Å². The Morgan fingerprint density at radius 2 is 1.58 bits per heavy atom. The van der Waals surface area contributed by atoms with E-state index in [9.17, 15) is 22.8 Å². The van der Waals surface area contributed by atoms with E-state index in [-0.39, 0.29) is 29.2 Å². The van der Waals surface area contributed by atoms with Gasteiger partial charge in [0.05, 0.1) is 16.7 Å². The molecule has 4 rings (SSSR count). The summed E-state index contributed by atoms with van der Waals surface area (Å²) in [5, 5.41) is 2.58. The van der Waals surface area contributed by atoms with Crippen LogP contribution in [0.4, 0.5) is 11.6 Å². The Balaban J connectivity index is 1.39. The number of likely N-dealkylation sites (tertiary alicyclic amines) is 1. The number of allylic oxidation sites excluding steroid dienone is 2. The maximum Gasteiger partial charge on any atom is 0.244 e. The van der Waals surface area contributed by atoms with Crippen LogP contribution in [0.25, 0.3) is 4.72 Å². The lowest BCUT2D eigenvalue weighted by atomic mass is 9.85. The van der Waals surface area contributed by atoms with Gasteiger partial charge < -0.3 is 15.3 Å². The zero-order valence-electron chi connectivity index (χ0n) is 18.1. The Morgan fingerprint density at radius 1 is 1.03 bits per heavy atom. The van der Waals surface area contributed by atoms with E-state index in [1.165, 1.54) is 24.3 Å². The van der Waals surface area contributed by atoms with Gasteiger partial charge in [0.25, 0.3) is 0 Å². The number of sulfonamides is 1. The number of aryl methyl sites for hydroxylation is 2. The van der Waals surface area contributed by atoms with Gasteiger partial charge in [-0.25, -0.2) is 8.42 Å². The van der Waals surface area contributed by atoms with Crippen molar-refractivity contribution < 1.29 is 22.8 Å². The van der Waals surface area contributed by atoms with Gasteiger partial charge in [-0.15, -0.1) is 0 Å². The molecule has 2 heterocycles. The fourth-order valence-corrected chi connectivity index (χ4v) is 4.87. The topological polar surface area (TPSA) is 140 Å². The number of nitrogens with one attached hydrogen (secondary N) is 1. The van der Waals surface area contributed by atoms with Crippen molar-refractivity contribution in [2.75, 3.05) is 11.9 Å². The van der Waals surface area contributed by atoms with Gasteiger partial charge in [-0.05, 0) is 62.3 Å². The molecule has 1 aliphatic carbocycles. The van der Waals surface area contributed by atoms with Crippen LogP contribution in [0.2, 0.25) is 0 Å². The molecule has 1 aromatic carbocycles. The highest BCUT2D eigenvalue weighted by Crippen LogP contribution is 2.35. The molecule has 0 spiro atoms. The lowest BCUT2D eigenvalue weighted by Gasteiger charge is -2.16. The first-order chi connectivity index (χ1) is 15.6. The van der Waals surface area contributed by atoms with E-state index in [4.69, 9.17) is 0 Å². The Labute approximate surface area is 191 Å². The Kier molecular flexibility index (Phi) is 5.98. The van der Waals surface area contributed by atoms with Crippen LogP contribution in [0.5, 0.6) is 0 Å². The van der Waals surface area contributed by atoms with Crippen LogP contribution in [0.15, 0.2) is 47.4 Å². The summed E-state index contributed by atoms with van der Waals surface area (Å²) in [4.78, 5) is 46.3. The molecule has 1 N–H and O–H groups in total. The van der Waals surface area contributed by atoms with Crippen molar-refractivity contribution in [3.63, 3.8) is 0 Å². The highest BCUT2D eigenvalue weighted by molar-refractivity contribution is 7.94. The molecule has 1 aromatic heterocycles. The van der Waals surface area contributed by atoms with Crippen LogP contribution in [0.3, 0.4) is 0 Å². The molecule has 1 fully saturated rings. The second-order valence-electron chi connectivity index (χ2n) is 8.01. The second-order valence-corrected chi connectivity index (χ2v) is 9.61. The molecule has 0 radical (unpaired) electrons. The highest BCUT2D eigenvalue weighted by atomic mass is 32.2. The van der Waals surface area contributed by atoms with Gasteiger partial charge in [0.2, 0.25) is 27.7 Å². The third-order valence-corrected chi connectivity index (χ3v) is 6.78. The van der Waals surface area contributed by atoms with Gasteiger partial charge in [-0.2, -0.15) is 0 Å². The van der Waals surface area contributed by atoms with E-state index in [0.717, 1.165) is 4.90 Å². The first kappa shape index (κ1) is 22.6. The van der Waals surface area contributed by atoms with Crippen molar-refractivity contribution in [2.24, 2.45) is 11.8 Å². The minimum absolute atomic E-state index is 0.0928. The highest BCUT2D eigenvalue weighted by Gasteiger charge is 2.47. The lowest BCUT2D eigenvalue weighted by molar-refractivity contribution is -0.142. The molecule has 0 unspecified atom stereocenters. The van der Waals surface area contributed by atoms with Gasteiger partial charge in [-0.1, -0.05) is 18.2 Å². The summed E-state index contributed by atoms with van der Waals surface area (Å²) in [5.74, 6) is -2.16. The number of imide groups is 1. The summed E-state index contributed by atoms with van der Waals surface area (Å²) in [6, 6.07) is 7.10. The predicted octanol–water partition coefficient (Wildman–Crippen LogP) is 2.38. The maximum atomic E-state index is 12.6. The minimum Gasteiger partial charge on any atom is -0.363 e. The molecule has 0 bridgehead atoms. The van der Waals surface area contributed by atoms with Crippen LogP contribution < -0.4 is 5.32 Å². The number of carbonyl (C=O) groups is 3. The molecule has 2 aliphatic rings. The van der Waals surface area contributed by atoms with Crippen molar-refractivity contribution in [1.29, 1.82) is 0 Å². The molecule has 2 atom stereocenters. The molecular weight excluding hydrogens is 446 g/mol. The summed E-state index contributed by atoms with van der Waals surface area (Å²) >= 11 is 0. The molecule has 1 saturated heterocycles. The number of hydrogen-bond acceptors (Lipinski definition) is 7. The third-order valence-electron chi connectivity index (χ3n) is 5.51. The van der Waals surface area contributed by atoms with E-state index in [1.54, 1.807) is 19.9 Å². The number of amides is 3. The van der Waals surface area contributed by atoms with Crippen molar-refractivity contribution in [1.82, 2.24) is 14.9 Å². The number of benzene rings is 1. The van der Waals surface area contributed by atoms with Crippen LogP contribution >= 0.6 is 0 Å². The summed E-state index contributed by atoms with van der Waals surface area (Å²) in [7, 11) is -4.05. The third kappa shape index (κ3) is 4.77. The van der Waals surface area contributed by atoms with Gasteiger partial charge in [0.15, 0.2) is 0 Å². The average Bonchev–Trinajstić information content (AvgIpc) is 2.98. The smallest absolute Gasteiger partial charge is 0.244 e. The van der Waals surface area contributed by atoms with Crippen molar-refractivity contribution >= 4 is 39.4 Å². The number of aromatic nitrogens is 2. The molecule has 2 aromatic rings. The monoisotopic (exact) mass is 468 g/mol. The Bertz CT molecular complexity index is 1210. The van der Waals surface area contributed by atoms with E-state index in [0.29, 0.717) is 29.9 Å². The Morgan fingerprint density at radius 3 is 2.12 bits per heavy atom. The normalized spacial score (nSPS) is 20.0. The number of fused-ring (bicyclic) bond motifs is 1. The standard InChI is InChI=1S/C22H23N5O5S/c1-13-11-14(2)24-22(23-13)26-33(31,32)16-9-7-15(8-10-16)25-19(28)12-27-20(29)17-5-3-4-6-18(17)21(27)30/h3-4,7-11,17-18H,5-6,12H2,1-2H3,(H2,23,24,25,26,28)/p-1/t17-,18-/m0/s1. The van der Waals surface area contributed by atoms with Gasteiger partial charge in [0, 0.05) is 11.6 Å². The van der Waals surface area contributed by atoms with Crippen molar-refractivity contribution in [3.8, 4) is 0 Å². The average molecular weight is 469 g/mol. The van der Waals surface area contributed by atoms with E-state index >= 15 is 0 Å². The van der Waals surface area contributed by atoms with E-state index in [2.05, 4.69) is 20.0 Å². The van der Waals surface area contributed by atoms with Crippen molar-refractivity contribution in [3.05, 3.63) is 58.6 Å². The second kappa shape index (κ2) is 8.74. The number of carbonyl (C=O) groups excluding carboxylic acids is 3. The summed E-state index contributed by atoms with van der Waals surface area (Å²) < 4.78 is 28.8. The fourth-order valence-electron chi connectivity index (χ4n) is 3.99. The quantitative estimate of drug-likeness (QED) is 0.507. The first-order valence-corrected chi connectivity index (χ1v) is 11.8. The zero-order chi connectivity index (χ0) is 23.8. The Hall–Kier alpha value is -3.60. The summed E-state index contributed by atoms with van der Waals surface area (Å²) in [5.41, 5.74) is 1.51. The van der Waals surface area contributed by atoms with Crippen LogP contribution in [-0.2, 0) is 24.4 Å². The van der Waals surface area contributed by atoms with Gasteiger partial charge >= 0.3 is 0 Å². The number of hydrogen-bond donors (Lipinski definition) is 1. The molecule has 10 nitrogen and oxygen atoms in total. The molecule has 172 valence electrons. The molecule has 0 saturated carbocycles. The maximum absolute atomic E-state index is 12.6. The fraction of sp³-hybridized carbons (Fsp3) is 0.318. The molecule has 33 heavy (non-hydrogen) atoms. The molecular formula is C22H22N5O5S-. The summed E-state index contributed by atoms with van der Waals surface area (Å²) in [6.07, 6.45) is 4.76. The van der Waals surface area contributed by atoms with E-state index < -0.39 is 27.8 Å². The largest absolute Gasteiger partial charge is 0.363 e.